The average Bonchev–Trinajstić information content (AvgIpc) is 2.89. The molecule has 1 saturated heterocycles. The molecule has 5 heteroatoms. The first-order chi connectivity index (χ1) is 11.1. The molecule has 0 atom stereocenters. The summed E-state index contributed by atoms with van der Waals surface area (Å²) in [5.41, 5.74) is 1.54. The number of fused-ring (bicyclic) bond motifs is 1. The van der Waals surface area contributed by atoms with Gasteiger partial charge < -0.3 is 14.6 Å². The summed E-state index contributed by atoms with van der Waals surface area (Å²) >= 11 is 6.01. The number of carbonyl (C=O) groups is 1. The van der Waals surface area contributed by atoms with E-state index in [1.165, 1.54) is 32.4 Å². The number of hydrogen-bond acceptors (Lipinski definition) is 3. The second kappa shape index (κ2) is 7.37. The number of carbonyl (C=O) groups excluding carboxylic acids is 1. The maximum atomic E-state index is 12.3. The number of nitrogens with zero attached hydrogens (tertiary/aromatic N) is 1. The van der Waals surface area contributed by atoms with Crippen molar-refractivity contribution in [2.24, 2.45) is 0 Å². The first-order valence-electron chi connectivity index (χ1n) is 8.34. The first-order valence-corrected chi connectivity index (χ1v) is 8.72. The molecule has 0 aliphatic carbocycles. The lowest BCUT2D eigenvalue weighted by Gasteiger charge is -2.26. The van der Waals surface area contributed by atoms with E-state index in [-0.39, 0.29) is 5.91 Å². The van der Waals surface area contributed by atoms with Gasteiger partial charge in [0.2, 0.25) is 0 Å². The largest absolute Gasteiger partial charge is 0.451 e. The Morgan fingerprint density at radius 3 is 2.87 bits per heavy atom. The molecule has 1 fully saturated rings. The van der Waals surface area contributed by atoms with Gasteiger partial charge in [-0.1, -0.05) is 18.0 Å². The number of aryl methyl sites for hydroxylation is 1. The molecule has 23 heavy (non-hydrogen) atoms. The zero-order valence-electron chi connectivity index (χ0n) is 13.5. The van der Waals surface area contributed by atoms with Gasteiger partial charge in [0, 0.05) is 22.5 Å². The van der Waals surface area contributed by atoms with Gasteiger partial charge in [0.15, 0.2) is 5.76 Å². The van der Waals surface area contributed by atoms with Crippen LogP contribution in [0, 0.1) is 6.92 Å². The fourth-order valence-electron chi connectivity index (χ4n) is 3.18. The van der Waals surface area contributed by atoms with Crippen LogP contribution >= 0.6 is 11.6 Å². The molecule has 0 bridgehead atoms. The summed E-state index contributed by atoms with van der Waals surface area (Å²) in [5, 5.41) is 4.51. The minimum absolute atomic E-state index is 0.145. The molecule has 4 nitrogen and oxygen atoms in total. The van der Waals surface area contributed by atoms with E-state index in [4.69, 9.17) is 16.0 Å². The third-order valence-electron chi connectivity index (χ3n) is 4.49. The molecule has 1 aliphatic heterocycles. The quantitative estimate of drug-likeness (QED) is 0.841. The number of furan rings is 1. The predicted octanol–water partition coefficient (Wildman–Crippen LogP) is 4.00. The Morgan fingerprint density at radius 1 is 1.30 bits per heavy atom. The Morgan fingerprint density at radius 2 is 2.09 bits per heavy atom. The molecule has 1 amide bonds. The van der Waals surface area contributed by atoms with E-state index in [2.05, 4.69) is 10.2 Å². The van der Waals surface area contributed by atoms with Gasteiger partial charge >= 0.3 is 0 Å². The second-order valence-electron chi connectivity index (χ2n) is 6.21. The van der Waals surface area contributed by atoms with Crippen molar-refractivity contribution in [1.29, 1.82) is 0 Å². The number of amides is 1. The van der Waals surface area contributed by atoms with Crippen LogP contribution < -0.4 is 5.32 Å². The van der Waals surface area contributed by atoms with Gasteiger partial charge in [-0.25, -0.2) is 0 Å². The Bertz CT molecular complexity index is 690. The van der Waals surface area contributed by atoms with Crippen molar-refractivity contribution >= 4 is 28.5 Å². The van der Waals surface area contributed by atoms with E-state index in [1.807, 2.05) is 13.0 Å². The summed E-state index contributed by atoms with van der Waals surface area (Å²) < 4.78 is 5.68. The van der Waals surface area contributed by atoms with Crippen LogP contribution in [0.25, 0.3) is 11.0 Å². The fraction of sp³-hybridized carbons (Fsp3) is 0.500. The van der Waals surface area contributed by atoms with Crippen molar-refractivity contribution in [3.05, 3.63) is 34.5 Å². The Kier molecular flexibility index (Phi) is 5.23. The number of hydrogen-bond donors (Lipinski definition) is 1. The minimum atomic E-state index is -0.145. The van der Waals surface area contributed by atoms with Gasteiger partial charge in [0.25, 0.3) is 5.91 Å². The summed E-state index contributed by atoms with van der Waals surface area (Å²) in [5.74, 6) is 0.244. The lowest BCUT2D eigenvalue weighted by molar-refractivity contribution is 0.0924. The van der Waals surface area contributed by atoms with E-state index < -0.39 is 0 Å². The highest BCUT2D eigenvalue weighted by Gasteiger charge is 2.17. The smallest absolute Gasteiger partial charge is 0.287 e. The molecule has 1 aromatic heterocycles. The van der Waals surface area contributed by atoms with E-state index >= 15 is 0 Å². The molecular formula is C18H23ClN2O2. The molecule has 124 valence electrons. The highest BCUT2D eigenvalue weighted by molar-refractivity contribution is 6.31. The fourth-order valence-corrected chi connectivity index (χ4v) is 3.35. The van der Waals surface area contributed by atoms with E-state index in [0.717, 1.165) is 23.9 Å². The van der Waals surface area contributed by atoms with Crippen molar-refractivity contribution in [3.63, 3.8) is 0 Å². The van der Waals surface area contributed by atoms with Gasteiger partial charge in [-0.05, 0) is 64.0 Å². The molecule has 0 unspecified atom stereocenters. The van der Waals surface area contributed by atoms with Gasteiger partial charge in [-0.15, -0.1) is 0 Å². The summed E-state index contributed by atoms with van der Waals surface area (Å²) in [6.45, 7) is 6.00. The monoisotopic (exact) mass is 334 g/mol. The maximum Gasteiger partial charge on any atom is 0.287 e. The van der Waals surface area contributed by atoms with Crippen LogP contribution in [0.1, 0.15) is 41.8 Å². The lowest BCUT2D eigenvalue weighted by atomic mass is 10.1. The summed E-state index contributed by atoms with van der Waals surface area (Å²) in [4.78, 5) is 14.8. The normalized spacial score (nSPS) is 15.9. The number of rotatable bonds is 5. The number of halogens is 1. The molecule has 0 spiro atoms. The highest BCUT2D eigenvalue weighted by atomic mass is 35.5. The van der Waals surface area contributed by atoms with Crippen LogP contribution in [0.15, 0.2) is 22.6 Å². The standard InChI is InChI=1S/C18H23ClN2O2/c1-13-15-12-14(19)6-7-16(15)23-17(13)18(22)20-8-5-11-21-9-3-2-4-10-21/h6-7,12H,2-5,8-11H2,1H3,(H,20,22). The zero-order chi connectivity index (χ0) is 16.2. The van der Waals surface area contributed by atoms with E-state index in [9.17, 15) is 4.79 Å². The van der Waals surface area contributed by atoms with Gasteiger partial charge in [0.05, 0.1) is 0 Å². The first kappa shape index (κ1) is 16.3. The van der Waals surface area contributed by atoms with Crippen molar-refractivity contribution in [3.8, 4) is 0 Å². The molecule has 2 aromatic rings. The minimum Gasteiger partial charge on any atom is -0.451 e. The van der Waals surface area contributed by atoms with Crippen LogP contribution in [-0.2, 0) is 0 Å². The van der Waals surface area contributed by atoms with Gasteiger partial charge in [-0.3, -0.25) is 4.79 Å². The number of likely N-dealkylation sites (tertiary alicyclic amines) is 1. The summed E-state index contributed by atoms with van der Waals surface area (Å²) in [7, 11) is 0. The molecule has 0 radical (unpaired) electrons. The van der Waals surface area contributed by atoms with E-state index in [0.29, 0.717) is 22.9 Å². The molecular weight excluding hydrogens is 312 g/mol. The Balaban J connectivity index is 1.55. The van der Waals surface area contributed by atoms with Gasteiger partial charge in [-0.2, -0.15) is 0 Å². The van der Waals surface area contributed by atoms with Crippen LogP contribution in [0.5, 0.6) is 0 Å². The number of benzene rings is 1. The molecule has 2 heterocycles. The van der Waals surface area contributed by atoms with Crippen LogP contribution in [0.2, 0.25) is 5.02 Å². The van der Waals surface area contributed by atoms with Crippen LogP contribution in [0.3, 0.4) is 0 Å². The average molecular weight is 335 g/mol. The number of piperidine rings is 1. The topological polar surface area (TPSA) is 45.5 Å². The molecule has 1 aliphatic rings. The maximum absolute atomic E-state index is 12.3. The van der Waals surface area contributed by atoms with E-state index in [1.54, 1.807) is 12.1 Å². The summed E-state index contributed by atoms with van der Waals surface area (Å²) in [6.07, 6.45) is 4.92. The summed E-state index contributed by atoms with van der Waals surface area (Å²) in [6, 6.07) is 5.41. The third-order valence-corrected chi connectivity index (χ3v) is 4.72. The Hall–Kier alpha value is -1.52. The van der Waals surface area contributed by atoms with Gasteiger partial charge in [0.1, 0.15) is 5.58 Å². The molecule has 0 saturated carbocycles. The van der Waals surface area contributed by atoms with Crippen molar-refractivity contribution in [1.82, 2.24) is 10.2 Å². The lowest BCUT2D eigenvalue weighted by Crippen LogP contribution is -2.33. The highest BCUT2D eigenvalue weighted by Crippen LogP contribution is 2.27. The van der Waals surface area contributed by atoms with Crippen molar-refractivity contribution < 1.29 is 9.21 Å². The van der Waals surface area contributed by atoms with Crippen LogP contribution in [-0.4, -0.2) is 37.0 Å². The molecule has 1 aromatic carbocycles. The zero-order valence-corrected chi connectivity index (χ0v) is 14.3. The number of nitrogens with one attached hydrogen (secondary N) is 1. The molecule has 3 rings (SSSR count). The third kappa shape index (κ3) is 3.88. The second-order valence-corrected chi connectivity index (χ2v) is 6.64. The predicted molar refractivity (Wildman–Crippen MR) is 93.2 cm³/mol. The SMILES string of the molecule is Cc1c(C(=O)NCCCN2CCCCC2)oc2ccc(Cl)cc12. The van der Waals surface area contributed by atoms with Crippen molar-refractivity contribution in [2.75, 3.05) is 26.2 Å². The Labute approximate surface area is 141 Å². The molecule has 1 N–H and O–H groups in total. The van der Waals surface area contributed by atoms with Crippen molar-refractivity contribution in [2.45, 2.75) is 32.6 Å². The van der Waals surface area contributed by atoms with Crippen LogP contribution in [0.4, 0.5) is 0 Å².